The van der Waals surface area contributed by atoms with Crippen molar-refractivity contribution in [1.82, 2.24) is 0 Å². The van der Waals surface area contributed by atoms with Crippen molar-refractivity contribution < 1.29 is 14.5 Å². The number of nitro groups is 1. The highest BCUT2D eigenvalue weighted by atomic mass is 35.5. The maximum Gasteiger partial charge on any atom is 0.321 e. The number of hydrogen-bond acceptors (Lipinski definition) is 4. The Morgan fingerprint density at radius 3 is 2.54 bits per heavy atom. The molecule has 6 heteroatoms. The van der Waals surface area contributed by atoms with Crippen LogP contribution in [0.15, 0.2) is 0 Å². The summed E-state index contributed by atoms with van der Waals surface area (Å²) in [6.07, 6.45) is -0.407. The molecule has 0 aromatic carbocycles. The Morgan fingerprint density at radius 1 is 1.69 bits per heavy atom. The van der Waals surface area contributed by atoms with E-state index in [1.807, 2.05) is 0 Å². The van der Waals surface area contributed by atoms with Crippen molar-refractivity contribution in [2.75, 3.05) is 5.88 Å². The Bertz CT molecular complexity index is 197. The van der Waals surface area contributed by atoms with Crippen molar-refractivity contribution in [1.29, 1.82) is 0 Å². The van der Waals surface area contributed by atoms with Crippen LogP contribution in [-0.4, -0.2) is 28.9 Å². The van der Waals surface area contributed by atoms with Crippen LogP contribution in [0.2, 0.25) is 0 Å². The van der Waals surface area contributed by atoms with Gasteiger partial charge in [0.2, 0.25) is 6.04 Å². The first kappa shape index (κ1) is 12.2. The molecule has 2 atom stereocenters. The average Bonchev–Trinajstić information content (AvgIpc) is 2.04. The van der Waals surface area contributed by atoms with Crippen molar-refractivity contribution in [3.8, 4) is 0 Å². The third-order valence-corrected chi connectivity index (χ3v) is 1.88. The van der Waals surface area contributed by atoms with Crippen LogP contribution in [0.1, 0.15) is 20.3 Å². The fourth-order valence-electron chi connectivity index (χ4n) is 0.970. The summed E-state index contributed by atoms with van der Waals surface area (Å²) >= 11 is 5.18. The van der Waals surface area contributed by atoms with Gasteiger partial charge in [-0.25, -0.2) is 0 Å². The van der Waals surface area contributed by atoms with E-state index in [0.717, 1.165) is 0 Å². The molecule has 0 saturated heterocycles. The summed E-state index contributed by atoms with van der Waals surface area (Å²) in [5, 5.41) is 10.4. The number of alkyl halides is 1. The molecule has 0 amide bonds. The van der Waals surface area contributed by atoms with Crippen molar-refractivity contribution in [3.63, 3.8) is 0 Å². The van der Waals surface area contributed by atoms with Gasteiger partial charge in [0.05, 0.1) is 0 Å². The molecule has 0 aliphatic carbocycles. The first-order chi connectivity index (χ1) is 6.02. The summed E-state index contributed by atoms with van der Waals surface area (Å²) in [4.78, 5) is 20.7. The Balaban J connectivity index is 4.13. The zero-order valence-corrected chi connectivity index (χ0v) is 8.28. The topological polar surface area (TPSA) is 69.4 Å². The summed E-state index contributed by atoms with van der Waals surface area (Å²) < 4.78 is 4.70. The lowest BCUT2D eigenvalue weighted by Crippen LogP contribution is -2.34. The first-order valence-corrected chi connectivity index (χ1v) is 4.45. The molecular formula is C7H12ClNO4. The number of carbonyl (C=O) groups excluding carboxylic acids is 1. The van der Waals surface area contributed by atoms with Gasteiger partial charge < -0.3 is 4.74 Å². The van der Waals surface area contributed by atoms with E-state index >= 15 is 0 Å². The summed E-state index contributed by atoms with van der Waals surface area (Å²) in [6.45, 7) is 3.15. The molecule has 0 unspecified atom stereocenters. The van der Waals surface area contributed by atoms with Crippen LogP contribution in [0.3, 0.4) is 0 Å². The smallest absolute Gasteiger partial charge is 0.321 e. The molecular weight excluding hydrogens is 198 g/mol. The van der Waals surface area contributed by atoms with E-state index in [9.17, 15) is 14.9 Å². The summed E-state index contributed by atoms with van der Waals surface area (Å²) in [6, 6.07) is -0.854. The van der Waals surface area contributed by atoms with Gasteiger partial charge >= 0.3 is 5.97 Å². The summed E-state index contributed by atoms with van der Waals surface area (Å²) in [7, 11) is 0. The van der Waals surface area contributed by atoms with Crippen molar-refractivity contribution >= 4 is 17.6 Å². The molecule has 0 bridgehead atoms. The second-order valence-corrected chi connectivity index (χ2v) is 2.86. The zero-order chi connectivity index (χ0) is 10.4. The van der Waals surface area contributed by atoms with E-state index in [0.29, 0.717) is 6.42 Å². The molecule has 0 radical (unpaired) electrons. The van der Waals surface area contributed by atoms with Crippen LogP contribution in [0, 0.1) is 10.1 Å². The molecule has 0 aliphatic rings. The van der Waals surface area contributed by atoms with E-state index in [4.69, 9.17) is 16.3 Å². The fourth-order valence-corrected chi connectivity index (χ4v) is 1.03. The fraction of sp³-hybridized carbons (Fsp3) is 0.857. The molecule has 0 aromatic rings. The number of hydrogen-bond donors (Lipinski definition) is 0. The molecule has 0 aliphatic heterocycles. The van der Waals surface area contributed by atoms with Gasteiger partial charge in [0, 0.05) is 11.3 Å². The number of ether oxygens (including phenoxy) is 1. The molecule has 0 aromatic heterocycles. The van der Waals surface area contributed by atoms with Gasteiger partial charge in [0.25, 0.3) is 0 Å². The van der Waals surface area contributed by atoms with Crippen LogP contribution in [0.25, 0.3) is 0 Å². The van der Waals surface area contributed by atoms with Gasteiger partial charge in [0.1, 0.15) is 5.88 Å². The van der Waals surface area contributed by atoms with Crippen molar-refractivity contribution in [2.45, 2.75) is 32.4 Å². The highest BCUT2D eigenvalue weighted by Crippen LogP contribution is 2.07. The van der Waals surface area contributed by atoms with Gasteiger partial charge in [-0.1, -0.05) is 6.92 Å². The molecule has 0 fully saturated rings. The Kier molecular flexibility index (Phi) is 5.37. The molecule has 0 N–H and O–H groups in total. The van der Waals surface area contributed by atoms with Crippen LogP contribution >= 0.6 is 11.6 Å². The number of rotatable bonds is 5. The highest BCUT2D eigenvalue weighted by molar-refractivity contribution is 6.26. The van der Waals surface area contributed by atoms with Crippen LogP contribution < -0.4 is 0 Å². The quantitative estimate of drug-likeness (QED) is 0.295. The number of nitrogens with zero attached hydrogens (tertiary/aromatic N) is 1. The van der Waals surface area contributed by atoms with E-state index in [1.165, 1.54) is 6.92 Å². The third-order valence-electron chi connectivity index (χ3n) is 1.66. The highest BCUT2D eigenvalue weighted by Gasteiger charge is 2.28. The van der Waals surface area contributed by atoms with Crippen molar-refractivity contribution in [2.24, 2.45) is 0 Å². The molecule has 0 saturated carbocycles. The molecule has 5 nitrogen and oxygen atoms in total. The Hall–Kier alpha value is -0.840. The average molecular weight is 210 g/mol. The maximum absolute atomic E-state index is 10.7. The van der Waals surface area contributed by atoms with Crippen LogP contribution in [-0.2, 0) is 9.53 Å². The number of esters is 1. The van der Waals surface area contributed by atoms with Gasteiger partial charge in [-0.05, 0) is 6.92 Å². The second-order valence-electron chi connectivity index (χ2n) is 2.59. The minimum absolute atomic E-state index is 0.279. The summed E-state index contributed by atoms with van der Waals surface area (Å²) in [5.41, 5.74) is 0. The maximum atomic E-state index is 10.7. The molecule has 13 heavy (non-hydrogen) atoms. The van der Waals surface area contributed by atoms with Gasteiger partial charge in [-0.15, -0.1) is 11.6 Å². The van der Waals surface area contributed by atoms with Crippen molar-refractivity contribution in [3.05, 3.63) is 10.1 Å². The van der Waals surface area contributed by atoms with Crippen LogP contribution in [0.4, 0.5) is 0 Å². The standard InChI is InChI=1S/C7H12ClNO4/c1-3-6(9(11)12)5(2)13-7(10)4-8/h5-6H,3-4H2,1-2H3/t5-,6-/m0/s1. The normalized spacial score (nSPS) is 14.7. The molecule has 0 heterocycles. The third kappa shape index (κ3) is 4.07. The molecule has 76 valence electrons. The minimum atomic E-state index is -0.854. The zero-order valence-electron chi connectivity index (χ0n) is 7.53. The van der Waals surface area contributed by atoms with Gasteiger partial charge in [0.15, 0.2) is 6.10 Å². The number of carbonyl (C=O) groups is 1. The van der Waals surface area contributed by atoms with E-state index in [2.05, 4.69) is 0 Å². The Morgan fingerprint density at radius 2 is 2.23 bits per heavy atom. The van der Waals surface area contributed by atoms with Gasteiger partial charge in [-0.3, -0.25) is 14.9 Å². The first-order valence-electron chi connectivity index (χ1n) is 3.91. The SMILES string of the molecule is CC[C@@H]([C@H](C)OC(=O)CCl)[N+](=O)[O-]. The lowest BCUT2D eigenvalue weighted by Gasteiger charge is -2.15. The van der Waals surface area contributed by atoms with E-state index in [1.54, 1.807) is 6.92 Å². The lowest BCUT2D eigenvalue weighted by atomic mass is 10.1. The van der Waals surface area contributed by atoms with Crippen LogP contribution in [0.5, 0.6) is 0 Å². The monoisotopic (exact) mass is 209 g/mol. The minimum Gasteiger partial charge on any atom is -0.454 e. The summed E-state index contributed by atoms with van der Waals surface area (Å²) in [5.74, 6) is -0.909. The van der Waals surface area contributed by atoms with E-state index < -0.39 is 23.0 Å². The van der Waals surface area contributed by atoms with Gasteiger partial charge in [-0.2, -0.15) is 0 Å². The predicted molar refractivity (Wildman–Crippen MR) is 47.3 cm³/mol. The largest absolute Gasteiger partial charge is 0.454 e. The van der Waals surface area contributed by atoms with E-state index in [-0.39, 0.29) is 5.88 Å². The second kappa shape index (κ2) is 5.75. The Labute approximate surface area is 81.2 Å². The predicted octanol–water partition coefficient (Wildman–Crippen LogP) is 1.21. The lowest BCUT2D eigenvalue weighted by molar-refractivity contribution is -0.533. The molecule has 0 spiro atoms. The number of halogens is 1. The molecule has 0 rings (SSSR count).